The molecule has 0 fully saturated rings. The van der Waals surface area contributed by atoms with E-state index in [0.717, 1.165) is 10.0 Å². The number of nitrogens with two attached hydrogens (primary N) is 1. The van der Waals surface area contributed by atoms with Crippen molar-refractivity contribution in [2.75, 3.05) is 18.2 Å². The van der Waals surface area contributed by atoms with Crippen LogP contribution in [0, 0.1) is 0 Å². The molecule has 0 aliphatic rings. The molecular formula is C15H14BrClN2O2. The molecule has 0 bridgehead atoms. The summed E-state index contributed by atoms with van der Waals surface area (Å²) in [5, 5.41) is 3.27. The van der Waals surface area contributed by atoms with Gasteiger partial charge in [-0.15, -0.1) is 0 Å². The van der Waals surface area contributed by atoms with Crippen LogP contribution < -0.4 is 11.1 Å². The van der Waals surface area contributed by atoms with E-state index in [0.29, 0.717) is 28.6 Å². The van der Waals surface area contributed by atoms with Crippen LogP contribution in [0.3, 0.4) is 0 Å². The summed E-state index contributed by atoms with van der Waals surface area (Å²) in [5.74, 6) is -0.278. The molecule has 0 heterocycles. The first-order chi connectivity index (χ1) is 10.0. The van der Waals surface area contributed by atoms with Gasteiger partial charge in [-0.3, -0.25) is 4.79 Å². The van der Waals surface area contributed by atoms with Crippen LogP contribution >= 0.6 is 27.5 Å². The second-order valence-corrected chi connectivity index (χ2v) is 5.72. The molecule has 1 amide bonds. The predicted octanol–water partition coefficient (Wildman–Crippen LogP) is 4.08. The van der Waals surface area contributed by atoms with Crippen LogP contribution in [0.15, 0.2) is 40.9 Å². The fourth-order valence-electron chi connectivity index (χ4n) is 1.90. The Kier molecular flexibility index (Phi) is 5.22. The molecule has 2 aromatic rings. The van der Waals surface area contributed by atoms with Gasteiger partial charge in [-0.25, -0.2) is 0 Å². The molecule has 2 rings (SSSR count). The Morgan fingerprint density at radius 1 is 1.38 bits per heavy atom. The summed E-state index contributed by atoms with van der Waals surface area (Å²) in [6.07, 6.45) is 0. The maximum absolute atomic E-state index is 12.3. The first-order valence-electron chi connectivity index (χ1n) is 6.15. The first kappa shape index (κ1) is 15.8. The van der Waals surface area contributed by atoms with Crippen LogP contribution in [0.2, 0.25) is 5.02 Å². The van der Waals surface area contributed by atoms with Gasteiger partial charge in [0, 0.05) is 39.1 Å². The van der Waals surface area contributed by atoms with Gasteiger partial charge >= 0.3 is 0 Å². The van der Waals surface area contributed by atoms with Gasteiger partial charge < -0.3 is 15.8 Å². The lowest BCUT2D eigenvalue weighted by Crippen LogP contribution is -2.14. The number of carbonyl (C=O) groups excluding carboxylic acids is 1. The minimum atomic E-state index is -0.278. The van der Waals surface area contributed by atoms with E-state index < -0.39 is 0 Å². The van der Waals surface area contributed by atoms with Gasteiger partial charge in [0.15, 0.2) is 0 Å². The average Bonchev–Trinajstić information content (AvgIpc) is 2.41. The van der Waals surface area contributed by atoms with Crippen molar-refractivity contribution < 1.29 is 9.53 Å². The lowest BCUT2D eigenvalue weighted by Gasteiger charge is -2.12. The topological polar surface area (TPSA) is 64.3 Å². The first-order valence-corrected chi connectivity index (χ1v) is 7.32. The SMILES string of the molecule is COCc1c(Br)cccc1NC(=O)c1cc(N)cc(Cl)c1. The number of nitrogens with one attached hydrogen (secondary N) is 1. The minimum absolute atomic E-state index is 0.278. The maximum Gasteiger partial charge on any atom is 0.255 e. The summed E-state index contributed by atoms with van der Waals surface area (Å²) in [6.45, 7) is 0.384. The van der Waals surface area contributed by atoms with Crippen molar-refractivity contribution >= 4 is 44.8 Å². The van der Waals surface area contributed by atoms with Crippen molar-refractivity contribution in [3.63, 3.8) is 0 Å². The van der Waals surface area contributed by atoms with Gasteiger partial charge in [0.25, 0.3) is 5.91 Å². The average molecular weight is 370 g/mol. The number of ether oxygens (including phenoxy) is 1. The molecule has 0 saturated carbocycles. The Morgan fingerprint density at radius 3 is 2.81 bits per heavy atom. The van der Waals surface area contributed by atoms with Gasteiger partial charge in [-0.05, 0) is 30.3 Å². The number of hydrogen-bond donors (Lipinski definition) is 2. The van der Waals surface area contributed by atoms with Crippen molar-refractivity contribution in [1.29, 1.82) is 0 Å². The Labute approximate surface area is 136 Å². The fraction of sp³-hybridized carbons (Fsp3) is 0.133. The molecule has 0 atom stereocenters. The van der Waals surface area contributed by atoms with Gasteiger partial charge in [-0.1, -0.05) is 33.6 Å². The zero-order valence-electron chi connectivity index (χ0n) is 11.3. The molecule has 6 heteroatoms. The smallest absolute Gasteiger partial charge is 0.255 e. The zero-order valence-corrected chi connectivity index (χ0v) is 13.7. The number of halogens is 2. The Balaban J connectivity index is 2.29. The van der Waals surface area contributed by atoms with Gasteiger partial charge in [0.05, 0.1) is 6.61 Å². The molecule has 2 aromatic carbocycles. The molecule has 110 valence electrons. The van der Waals surface area contributed by atoms with Crippen molar-refractivity contribution in [2.24, 2.45) is 0 Å². The van der Waals surface area contributed by atoms with E-state index in [4.69, 9.17) is 22.1 Å². The fourth-order valence-corrected chi connectivity index (χ4v) is 2.63. The number of amides is 1. The highest BCUT2D eigenvalue weighted by Gasteiger charge is 2.12. The molecule has 0 unspecified atom stereocenters. The lowest BCUT2D eigenvalue weighted by atomic mass is 10.1. The molecule has 0 aromatic heterocycles. The van der Waals surface area contributed by atoms with E-state index in [1.54, 1.807) is 25.3 Å². The maximum atomic E-state index is 12.3. The number of methoxy groups -OCH3 is 1. The standard InChI is InChI=1S/C15H14BrClN2O2/c1-21-8-12-13(16)3-2-4-14(12)19-15(20)9-5-10(17)7-11(18)6-9/h2-7H,8,18H2,1H3,(H,19,20). The zero-order chi connectivity index (χ0) is 15.4. The molecular weight excluding hydrogens is 356 g/mol. The second kappa shape index (κ2) is 6.93. The number of benzene rings is 2. The molecule has 3 N–H and O–H groups in total. The van der Waals surface area contributed by atoms with Gasteiger partial charge in [-0.2, -0.15) is 0 Å². The van der Waals surface area contributed by atoms with E-state index in [-0.39, 0.29) is 5.91 Å². The normalized spacial score (nSPS) is 10.4. The van der Waals surface area contributed by atoms with E-state index in [2.05, 4.69) is 21.2 Å². The van der Waals surface area contributed by atoms with E-state index in [1.807, 2.05) is 18.2 Å². The molecule has 0 saturated heterocycles. The highest BCUT2D eigenvalue weighted by molar-refractivity contribution is 9.10. The summed E-state index contributed by atoms with van der Waals surface area (Å²) in [6, 6.07) is 10.3. The van der Waals surface area contributed by atoms with Crippen molar-refractivity contribution in [3.8, 4) is 0 Å². The summed E-state index contributed by atoms with van der Waals surface area (Å²) >= 11 is 9.36. The molecule has 4 nitrogen and oxygen atoms in total. The number of carbonyl (C=O) groups is 1. The van der Waals surface area contributed by atoms with E-state index in [1.165, 1.54) is 0 Å². The third-order valence-electron chi connectivity index (χ3n) is 2.84. The molecule has 21 heavy (non-hydrogen) atoms. The predicted molar refractivity (Wildman–Crippen MR) is 88.7 cm³/mol. The third-order valence-corrected chi connectivity index (χ3v) is 3.80. The van der Waals surface area contributed by atoms with Crippen LogP contribution in [0.25, 0.3) is 0 Å². The highest BCUT2D eigenvalue weighted by Crippen LogP contribution is 2.26. The summed E-state index contributed by atoms with van der Waals surface area (Å²) in [4.78, 5) is 12.3. The Morgan fingerprint density at radius 2 is 2.14 bits per heavy atom. The van der Waals surface area contributed by atoms with Crippen LogP contribution in [0.4, 0.5) is 11.4 Å². The van der Waals surface area contributed by atoms with Crippen molar-refractivity contribution in [2.45, 2.75) is 6.61 Å². The molecule has 0 aliphatic heterocycles. The van der Waals surface area contributed by atoms with E-state index in [9.17, 15) is 4.79 Å². The van der Waals surface area contributed by atoms with E-state index >= 15 is 0 Å². The van der Waals surface area contributed by atoms with Crippen molar-refractivity contribution in [3.05, 3.63) is 57.0 Å². The number of nitrogen functional groups attached to an aromatic ring is 1. The molecule has 0 aliphatic carbocycles. The summed E-state index contributed by atoms with van der Waals surface area (Å²) in [7, 11) is 1.60. The second-order valence-electron chi connectivity index (χ2n) is 4.43. The lowest BCUT2D eigenvalue weighted by molar-refractivity contribution is 0.102. The van der Waals surface area contributed by atoms with Gasteiger partial charge in [0.1, 0.15) is 0 Å². The summed E-state index contributed by atoms with van der Waals surface area (Å²) in [5.41, 5.74) is 8.09. The quantitative estimate of drug-likeness (QED) is 0.798. The highest BCUT2D eigenvalue weighted by atomic mass is 79.9. The van der Waals surface area contributed by atoms with Crippen LogP contribution in [0.5, 0.6) is 0 Å². The van der Waals surface area contributed by atoms with Crippen LogP contribution in [-0.2, 0) is 11.3 Å². The third kappa shape index (κ3) is 3.97. The van der Waals surface area contributed by atoms with Crippen molar-refractivity contribution in [1.82, 2.24) is 0 Å². The number of anilines is 2. The molecule has 0 spiro atoms. The van der Waals surface area contributed by atoms with Gasteiger partial charge in [0.2, 0.25) is 0 Å². The minimum Gasteiger partial charge on any atom is -0.399 e. The Bertz CT molecular complexity index is 656. The van der Waals surface area contributed by atoms with Crippen LogP contribution in [-0.4, -0.2) is 13.0 Å². The largest absolute Gasteiger partial charge is 0.399 e. The number of rotatable bonds is 4. The number of hydrogen-bond acceptors (Lipinski definition) is 3. The Hall–Kier alpha value is -1.56. The summed E-state index contributed by atoms with van der Waals surface area (Å²) < 4.78 is 6.02. The van der Waals surface area contributed by atoms with Crippen LogP contribution in [0.1, 0.15) is 15.9 Å². The monoisotopic (exact) mass is 368 g/mol. The molecule has 0 radical (unpaired) electrons.